The summed E-state index contributed by atoms with van der Waals surface area (Å²) < 4.78 is 8.77. The van der Waals surface area contributed by atoms with Crippen molar-refractivity contribution in [1.29, 1.82) is 0 Å². The lowest BCUT2D eigenvalue weighted by atomic mass is 9.93. The lowest BCUT2D eigenvalue weighted by Gasteiger charge is -2.24. The molecule has 6 nitrogen and oxygen atoms in total. The van der Waals surface area contributed by atoms with Gasteiger partial charge in [-0.15, -0.1) is 26.6 Å². The normalized spacial score (nSPS) is 15.0. The van der Waals surface area contributed by atoms with Crippen molar-refractivity contribution in [1.82, 2.24) is 25.2 Å². The molecule has 0 unspecified atom stereocenters. The van der Waals surface area contributed by atoms with E-state index in [1.54, 1.807) is 0 Å². The minimum Gasteiger partial charge on any atom is -0.414 e. The lowest BCUT2D eigenvalue weighted by Crippen LogP contribution is -2.17. The molecule has 0 amide bonds. The van der Waals surface area contributed by atoms with Crippen LogP contribution in [0.25, 0.3) is 32.4 Å². The highest BCUT2D eigenvalue weighted by atomic mass is 35.5. The summed E-state index contributed by atoms with van der Waals surface area (Å²) in [6.45, 7) is 0. The van der Waals surface area contributed by atoms with Crippen LogP contribution < -0.4 is 0 Å². The van der Waals surface area contributed by atoms with Gasteiger partial charge in [0.05, 0.1) is 17.3 Å². The van der Waals surface area contributed by atoms with Gasteiger partial charge in [0.1, 0.15) is 4.88 Å². The zero-order valence-corrected chi connectivity index (χ0v) is 14.1. The minimum atomic E-state index is 0.365. The summed E-state index contributed by atoms with van der Waals surface area (Å²) in [5.41, 5.74) is 0.595. The van der Waals surface area contributed by atoms with Gasteiger partial charge in [-0.3, -0.25) is 0 Å². The Morgan fingerprint density at radius 2 is 1.96 bits per heavy atom. The van der Waals surface area contributed by atoms with Gasteiger partial charge in [-0.05, 0) is 25.3 Å². The topological polar surface area (TPSA) is 69.6 Å². The fourth-order valence-electron chi connectivity index (χ4n) is 2.77. The SMILES string of the molecule is Clc1c(-c2nnc(-c3cn(C4CCC4)nn3)o2)sc2ccccc12. The van der Waals surface area contributed by atoms with Crippen molar-refractivity contribution >= 4 is 33.0 Å². The molecule has 3 heterocycles. The van der Waals surface area contributed by atoms with Crippen LogP contribution in [0.1, 0.15) is 25.3 Å². The number of rotatable bonds is 3. The Bertz CT molecular complexity index is 1030. The van der Waals surface area contributed by atoms with Crippen molar-refractivity contribution in [2.45, 2.75) is 25.3 Å². The maximum Gasteiger partial charge on any atom is 0.270 e. The van der Waals surface area contributed by atoms with Gasteiger partial charge in [0.25, 0.3) is 11.8 Å². The fourth-order valence-corrected chi connectivity index (χ4v) is 4.21. The average molecular weight is 358 g/mol. The van der Waals surface area contributed by atoms with Gasteiger partial charge in [-0.25, -0.2) is 4.68 Å². The summed E-state index contributed by atoms with van der Waals surface area (Å²) in [6.07, 6.45) is 5.41. The molecule has 8 heteroatoms. The Morgan fingerprint density at radius 1 is 1.12 bits per heavy atom. The second-order valence-electron chi connectivity index (χ2n) is 5.82. The molecule has 0 radical (unpaired) electrons. The van der Waals surface area contributed by atoms with Crippen LogP contribution in [0, 0.1) is 0 Å². The van der Waals surface area contributed by atoms with Crippen molar-refractivity contribution in [2.75, 3.05) is 0 Å². The molecule has 0 N–H and O–H groups in total. The molecule has 4 aromatic rings. The van der Waals surface area contributed by atoms with E-state index >= 15 is 0 Å². The van der Waals surface area contributed by atoms with Gasteiger partial charge in [0.15, 0.2) is 5.69 Å². The Hall–Kier alpha value is -2.25. The van der Waals surface area contributed by atoms with Crippen LogP contribution in [-0.4, -0.2) is 25.2 Å². The predicted octanol–water partition coefficient (Wildman–Crippen LogP) is 4.59. The number of fused-ring (bicyclic) bond motifs is 1. The van der Waals surface area contributed by atoms with Crippen LogP contribution in [0.3, 0.4) is 0 Å². The molecule has 120 valence electrons. The van der Waals surface area contributed by atoms with Crippen LogP contribution in [0.2, 0.25) is 5.02 Å². The second kappa shape index (κ2) is 5.39. The first-order valence-corrected chi connectivity index (χ1v) is 8.92. The van der Waals surface area contributed by atoms with Crippen LogP contribution in [-0.2, 0) is 0 Å². The zero-order chi connectivity index (χ0) is 16.1. The molecule has 1 aliphatic rings. The number of hydrogen-bond acceptors (Lipinski definition) is 6. The quantitative estimate of drug-likeness (QED) is 0.536. The zero-order valence-electron chi connectivity index (χ0n) is 12.5. The number of benzene rings is 1. The number of nitrogens with zero attached hydrogens (tertiary/aromatic N) is 5. The van der Waals surface area contributed by atoms with E-state index in [-0.39, 0.29) is 0 Å². The molecule has 1 aromatic carbocycles. The highest BCUT2D eigenvalue weighted by Gasteiger charge is 2.23. The molecule has 0 aliphatic heterocycles. The summed E-state index contributed by atoms with van der Waals surface area (Å²) in [5, 5.41) is 18.2. The van der Waals surface area contributed by atoms with E-state index in [1.807, 2.05) is 35.1 Å². The summed E-state index contributed by atoms with van der Waals surface area (Å²) in [7, 11) is 0. The molecule has 0 bridgehead atoms. The Balaban J connectivity index is 1.52. The third-order valence-corrected chi connectivity index (χ3v) is 6.00. The van der Waals surface area contributed by atoms with Gasteiger partial charge in [-0.2, -0.15) is 0 Å². The third kappa shape index (κ3) is 2.16. The number of hydrogen-bond donors (Lipinski definition) is 0. The number of halogens is 1. The highest BCUT2D eigenvalue weighted by Crippen LogP contribution is 2.41. The van der Waals surface area contributed by atoms with Gasteiger partial charge in [0, 0.05) is 10.1 Å². The molecule has 1 aliphatic carbocycles. The molecule has 0 saturated heterocycles. The Morgan fingerprint density at radius 3 is 2.75 bits per heavy atom. The van der Waals surface area contributed by atoms with Crippen LogP contribution in [0.15, 0.2) is 34.9 Å². The summed E-state index contributed by atoms with van der Waals surface area (Å²) in [5.74, 6) is 0.776. The van der Waals surface area contributed by atoms with Crippen molar-refractivity contribution in [3.63, 3.8) is 0 Å². The maximum absolute atomic E-state index is 6.47. The molecule has 5 rings (SSSR count). The largest absolute Gasteiger partial charge is 0.414 e. The molecular weight excluding hydrogens is 346 g/mol. The van der Waals surface area contributed by atoms with Gasteiger partial charge >= 0.3 is 0 Å². The van der Waals surface area contributed by atoms with E-state index in [1.165, 1.54) is 17.8 Å². The maximum atomic E-state index is 6.47. The molecule has 1 fully saturated rings. The average Bonchev–Trinajstić information content (AvgIpc) is 3.25. The summed E-state index contributed by atoms with van der Waals surface area (Å²) in [6, 6.07) is 8.40. The molecule has 24 heavy (non-hydrogen) atoms. The Labute approximate surface area is 146 Å². The van der Waals surface area contributed by atoms with Gasteiger partial charge in [-0.1, -0.05) is 35.0 Å². The predicted molar refractivity (Wildman–Crippen MR) is 92.0 cm³/mol. The lowest BCUT2D eigenvalue weighted by molar-refractivity contribution is 0.284. The molecule has 3 aromatic heterocycles. The van der Waals surface area contributed by atoms with Crippen LogP contribution in [0.4, 0.5) is 0 Å². The van der Waals surface area contributed by atoms with E-state index in [2.05, 4.69) is 20.5 Å². The fraction of sp³-hybridized carbons (Fsp3) is 0.250. The van der Waals surface area contributed by atoms with E-state index in [0.29, 0.717) is 28.5 Å². The van der Waals surface area contributed by atoms with Crippen LogP contribution in [0.5, 0.6) is 0 Å². The standard InChI is InChI=1S/C16H12ClN5OS/c17-13-10-6-1-2-7-12(10)24-14(13)16-20-19-15(23-16)11-8-22(21-18-11)9-4-3-5-9/h1-2,6-9H,3-5H2. The first-order valence-electron chi connectivity index (χ1n) is 7.73. The van der Waals surface area contributed by atoms with Crippen molar-refractivity contribution in [3.8, 4) is 22.4 Å². The van der Waals surface area contributed by atoms with Gasteiger partial charge < -0.3 is 4.42 Å². The van der Waals surface area contributed by atoms with Gasteiger partial charge in [0.2, 0.25) is 0 Å². The van der Waals surface area contributed by atoms with E-state index in [4.69, 9.17) is 16.0 Å². The van der Waals surface area contributed by atoms with E-state index in [0.717, 1.165) is 27.8 Å². The molecular formula is C16H12ClN5OS. The first kappa shape index (κ1) is 14.1. The van der Waals surface area contributed by atoms with Crippen molar-refractivity contribution in [2.24, 2.45) is 0 Å². The summed E-state index contributed by atoms with van der Waals surface area (Å²) in [4.78, 5) is 0.781. The Kier molecular flexibility index (Phi) is 3.17. The second-order valence-corrected chi connectivity index (χ2v) is 7.25. The smallest absolute Gasteiger partial charge is 0.270 e. The summed E-state index contributed by atoms with van der Waals surface area (Å²) >= 11 is 8.01. The van der Waals surface area contributed by atoms with E-state index < -0.39 is 0 Å². The van der Waals surface area contributed by atoms with Crippen molar-refractivity contribution < 1.29 is 4.42 Å². The molecule has 0 spiro atoms. The van der Waals surface area contributed by atoms with Crippen molar-refractivity contribution in [3.05, 3.63) is 35.5 Å². The molecule has 1 saturated carbocycles. The van der Waals surface area contributed by atoms with Crippen LogP contribution >= 0.6 is 22.9 Å². The monoisotopic (exact) mass is 357 g/mol. The number of aromatic nitrogens is 5. The van der Waals surface area contributed by atoms with E-state index in [9.17, 15) is 0 Å². The third-order valence-electron chi connectivity index (χ3n) is 4.33. The first-order chi connectivity index (χ1) is 11.8. The highest BCUT2D eigenvalue weighted by molar-refractivity contribution is 7.23. The number of thiophene rings is 1. The molecule has 0 atom stereocenters. The minimum absolute atomic E-state index is 0.365.